The lowest BCUT2D eigenvalue weighted by Gasteiger charge is -2.01. The van der Waals surface area contributed by atoms with Gasteiger partial charge in [0.1, 0.15) is 11.5 Å². The second-order valence-corrected chi connectivity index (χ2v) is 5.54. The highest BCUT2D eigenvalue weighted by Crippen LogP contribution is 2.31. The van der Waals surface area contributed by atoms with Gasteiger partial charge < -0.3 is 4.42 Å². The van der Waals surface area contributed by atoms with Crippen molar-refractivity contribution in [3.05, 3.63) is 87.7 Å². The highest BCUT2D eigenvalue weighted by Gasteiger charge is 2.18. The summed E-state index contributed by atoms with van der Waals surface area (Å²) >= 11 is 0. The van der Waals surface area contributed by atoms with Gasteiger partial charge >= 0.3 is 0 Å². The van der Waals surface area contributed by atoms with Crippen molar-refractivity contribution in [2.45, 2.75) is 6.92 Å². The van der Waals surface area contributed by atoms with Crippen LogP contribution in [0.15, 0.2) is 70.2 Å². The average molecular weight is 349 g/mol. The molecule has 1 N–H and O–H groups in total. The van der Waals surface area contributed by atoms with E-state index in [1.165, 1.54) is 12.3 Å². The minimum absolute atomic E-state index is 0.0276. The Labute approximate surface area is 149 Å². The van der Waals surface area contributed by atoms with Gasteiger partial charge in [-0.25, -0.2) is 5.43 Å². The first-order valence-corrected chi connectivity index (χ1v) is 7.78. The Bertz CT molecular complexity index is 977. The van der Waals surface area contributed by atoms with E-state index in [-0.39, 0.29) is 11.6 Å². The fourth-order valence-corrected chi connectivity index (χ4v) is 2.38. The van der Waals surface area contributed by atoms with Crippen LogP contribution in [0.25, 0.3) is 11.3 Å². The smallest absolute Gasteiger partial charge is 0.280 e. The molecular weight excluding hydrogens is 334 g/mol. The molecule has 0 unspecified atom stereocenters. The lowest BCUT2D eigenvalue weighted by Crippen LogP contribution is -2.17. The number of hydrogen-bond acceptors (Lipinski definition) is 5. The largest absolute Gasteiger partial charge is 0.455 e. The number of carbonyl (C=O) groups excluding carboxylic acids is 1. The van der Waals surface area contributed by atoms with Crippen molar-refractivity contribution >= 4 is 17.8 Å². The SMILES string of the molecule is Cc1ccc(-c2ccc(/C=N\NC(=O)c3ccccc3)o2)c([N+](=O)[O-])c1. The van der Waals surface area contributed by atoms with Crippen LogP contribution in [0.5, 0.6) is 0 Å². The van der Waals surface area contributed by atoms with Crippen LogP contribution in [0.3, 0.4) is 0 Å². The minimum Gasteiger partial charge on any atom is -0.455 e. The Hall–Kier alpha value is -3.74. The quantitative estimate of drug-likeness (QED) is 0.429. The molecule has 0 saturated heterocycles. The summed E-state index contributed by atoms with van der Waals surface area (Å²) in [5.41, 5.74) is 4.03. The number of rotatable bonds is 5. The predicted molar refractivity (Wildman–Crippen MR) is 97.0 cm³/mol. The highest BCUT2D eigenvalue weighted by atomic mass is 16.6. The molecule has 1 aromatic heterocycles. The monoisotopic (exact) mass is 349 g/mol. The van der Waals surface area contributed by atoms with Gasteiger partial charge in [-0.1, -0.05) is 24.3 Å². The van der Waals surface area contributed by atoms with Gasteiger partial charge in [0.25, 0.3) is 11.6 Å². The average Bonchev–Trinajstić information content (AvgIpc) is 3.11. The number of nitro groups is 1. The molecule has 0 fully saturated rings. The summed E-state index contributed by atoms with van der Waals surface area (Å²) in [5, 5.41) is 15.1. The molecule has 0 aliphatic carbocycles. The standard InChI is InChI=1S/C19H15N3O4/c1-13-7-9-16(17(11-13)22(24)25)18-10-8-15(26-18)12-20-21-19(23)14-5-3-2-4-6-14/h2-12H,1H3,(H,21,23)/b20-12-. The molecule has 0 spiro atoms. The van der Waals surface area contributed by atoms with Crippen LogP contribution in [0, 0.1) is 17.0 Å². The number of benzene rings is 2. The summed E-state index contributed by atoms with van der Waals surface area (Å²) in [4.78, 5) is 22.7. The zero-order valence-electron chi connectivity index (χ0n) is 13.9. The van der Waals surface area contributed by atoms with E-state index >= 15 is 0 Å². The van der Waals surface area contributed by atoms with E-state index in [0.717, 1.165) is 5.56 Å². The molecular formula is C19H15N3O4. The molecule has 7 heteroatoms. The van der Waals surface area contributed by atoms with Crippen LogP contribution < -0.4 is 5.43 Å². The summed E-state index contributed by atoms with van der Waals surface area (Å²) in [7, 11) is 0. The maximum atomic E-state index is 11.9. The van der Waals surface area contributed by atoms with Crippen LogP contribution in [-0.4, -0.2) is 17.0 Å². The third kappa shape index (κ3) is 3.84. The van der Waals surface area contributed by atoms with Crippen molar-refractivity contribution in [2.75, 3.05) is 0 Å². The van der Waals surface area contributed by atoms with Crippen LogP contribution in [0.1, 0.15) is 21.7 Å². The Kier molecular flexibility index (Phi) is 4.89. The molecule has 0 radical (unpaired) electrons. The molecule has 0 atom stereocenters. The molecule has 0 bridgehead atoms. The number of carbonyl (C=O) groups is 1. The fourth-order valence-electron chi connectivity index (χ4n) is 2.38. The Balaban J connectivity index is 1.75. The molecule has 2 aromatic carbocycles. The van der Waals surface area contributed by atoms with Gasteiger partial charge in [0.05, 0.1) is 16.7 Å². The maximum Gasteiger partial charge on any atom is 0.280 e. The van der Waals surface area contributed by atoms with E-state index in [4.69, 9.17) is 4.42 Å². The third-order valence-electron chi connectivity index (χ3n) is 3.64. The lowest BCUT2D eigenvalue weighted by atomic mass is 10.1. The summed E-state index contributed by atoms with van der Waals surface area (Å²) in [6, 6.07) is 16.8. The van der Waals surface area contributed by atoms with Crippen LogP contribution in [0.4, 0.5) is 5.69 Å². The number of amides is 1. The van der Waals surface area contributed by atoms with E-state index in [0.29, 0.717) is 22.6 Å². The van der Waals surface area contributed by atoms with Crippen LogP contribution in [0.2, 0.25) is 0 Å². The summed E-state index contributed by atoms with van der Waals surface area (Å²) in [6.07, 6.45) is 1.34. The van der Waals surface area contributed by atoms with Crippen molar-refractivity contribution in [1.82, 2.24) is 5.43 Å². The number of hydrazone groups is 1. The molecule has 3 rings (SSSR count). The second-order valence-electron chi connectivity index (χ2n) is 5.54. The molecule has 0 saturated carbocycles. The van der Waals surface area contributed by atoms with E-state index in [1.54, 1.807) is 55.5 Å². The molecule has 130 valence electrons. The van der Waals surface area contributed by atoms with Gasteiger partial charge in [-0.2, -0.15) is 5.10 Å². The van der Waals surface area contributed by atoms with Gasteiger partial charge in [-0.3, -0.25) is 14.9 Å². The number of furan rings is 1. The summed E-state index contributed by atoms with van der Waals surface area (Å²) in [6.45, 7) is 1.78. The van der Waals surface area contributed by atoms with Crippen molar-refractivity contribution in [3.63, 3.8) is 0 Å². The van der Waals surface area contributed by atoms with Crippen molar-refractivity contribution in [3.8, 4) is 11.3 Å². The molecule has 3 aromatic rings. The molecule has 1 heterocycles. The van der Waals surface area contributed by atoms with Crippen LogP contribution in [-0.2, 0) is 0 Å². The lowest BCUT2D eigenvalue weighted by molar-refractivity contribution is -0.384. The first-order valence-electron chi connectivity index (χ1n) is 7.78. The molecule has 26 heavy (non-hydrogen) atoms. The summed E-state index contributed by atoms with van der Waals surface area (Å²) in [5.74, 6) is 0.374. The topological polar surface area (TPSA) is 97.7 Å². The molecule has 7 nitrogen and oxygen atoms in total. The second kappa shape index (κ2) is 7.43. The van der Waals surface area contributed by atoms with Gasteiger partial charge in [-0.15, -0.1) is 0 Å². The molecule has 1 amide bonds. The number of nitrogens with one attached hydrogen (secondary N) is 1. The van der Waals surface area contributed by atoms with Gasteiger partial charge in [0.2, 0.25) is 0 Å². The molecule has 0 aliphatic heterocycles. The fraction of sp³-hybridized carbons (Fsp3) is 0.0526. The van der Waals surface area contributed by atoms with Gasteiger partial charge in [0.15, 0.2) is 0 Å². The van der Waals surface area contributed by atoms with E-state index < -0.39 is 4.92 Å². The maximum absolute atomic E-state index is 11.9. The third-order valence-corrected chi connectivity index (χ3v) is 3.64. The Morgan fingerprint density at radius 1 is 1.15 bits per heavy atom. The minimum atomic E-state index is -0.446. The summed E-state index contributed by atoms with van der Waals surface area (Å²) < 4.78 is 5.58. The van der Waals surface area contributed by atoms with E-state index in [9.17, 15) is 14.9 Å². The van der Waals surface area contributed by atoms with Gasteiger partial charge in [0, 0.05) is 11.6 Å². The van der Waals surface area contributed by atoms with Crippen LogP contribution >= 0.6 is 0 Å². The van der Waals surface area contributed by atoms with Crippen molar-refractivity contribution in [1.29, 1.82) is 0 Å². The predicted octanol–water partition coefficient (Wildman–Crippen LogP) is 3.93. The van der Waals surface area contributed by atoms with Crippen molar-refractivity contribution in [2.24, 2.45) is 5.10 Å². The van der Waals surface area contributed by atoms with Crippen molar-refractivity contribution < 1.29 is 14.1 Å². The zero-order valence-corrected chi connectivity index (χ0v) is 13.9. The number of nitrogens with zero attached hydrogens (tertiary/aromatic N) is 2. The highest BCUT2D eigenvalue weighted by molar-refractivity contribution is 5.94. The van der Waals surface area contributed by atoms with Gasteiger partial charge in [-0.05, 0) is 42.8 Å². The van der Waals surface area contributed by atoms with E-state index in [1.807, 2.05) is 6.07 Å². The molecule has 0 aliphatic rings. The Morgan fingerprint density at radius 2 is 1.92 bits per heavy atom. The Morgan fingerprint density at radius 3 is 2.65 bits per heavy atom. The normalized spacial score (nSPS) is 10.8. The first-order chi connectivity index (χ1) is 12.5. The first kappa shape index (κ1) is 17.1. The number of nitro benzene ring substituents is 1. The number of hydrogen-bond donors (Lipinski definition) is 1. The number of aryl methyl sites for hydroxylation is 1. The van der Waals surface area contributed by atoms with E-state index in [2.05, 4.69) is 10.5 Å². The zero-order chi connectivity index (χ0) is 18.5.